The number of hydrogen-bond donors (Lipinski definition) is 2. The lowest BCUT2D eigenvalue weighted by Gasteiger charge is -2.35. The molecule has 1 atom stereocenters. The molecule has 0 spiro atoms. The first kappa shape index (κ1) is 15.5. The van der Waals surface area contributed by atoms with Gasteiger partial charge in [-0.15, -0.1) is 0 Å². The Hall–Kier alpha value is -0.870. The summed E-state index contributed by atoms with van der Waals surface area (Å²) in [5.74, 6) is 0.114. The van der Waals surface area contributed by atoms with Gasteiger partial charge in [0.1, 0.15) is 0 Å². The van der Waals surface area contributed by atoms with Gasteiger partial charge in [-0.25, -0.2) is 0 Å². The Labute approximate surface area is 129 Å². The second-order valence-electron chi connectivity index (χ2n) is 5.76. The molecule has 1 fully saturated rings. The Kier molecular flexibility index (Phi) is 5.22. The van der Waals surface area contributed by atoms with E-state index in [1.807, 2.05) is 31.2 Å². The minimum atomic E-state index is -0.353. The van der Waals surface area contributed by atoms with Gasteiger partial charge in [-0.3, -0.25) is 4.79 Å². The smallest absolute Gasteiger partial charge is 0.227 e. The molecule has 0 unspecified atom stereocenters. The van der Waals surface area contributed by atoms with Gasteiger partial charge in [0.05, 0.1) is 11.5 Å². The van der Waals surface area contributed by atoms with Crippen molar-refractivity contribution in [3.8, 4) is 0 Å². The molecule has 3 N–H and O–H groups in total. The maximum absolute atomic E-state index is 12.6. The average Bonchev–Trinajstić information content (AvgIpc) is 2.48. The van der Waals surface area contributed by atoms with Crippen molar-refractivity contribution in [2.45, 2.75) is 45.1 Å². The van der Waals surface area contributed by atoms with Crippen LogP contribution in [0.15, 0.2) is 28.7 Å². The Balaban J connectivity index is 2.08. The molecule has 0 aromatic heterocycles. The highest BCUT2D eigenvalue weighted by Gasteiger charge is 2.38. The molecule has 0 heterocycles. The highest BCUT2D eigenvalue weighted by molar-refractivity contribution is 9.10. The summed E-state index contributed by atoms with van der Waals surface area (Å²) in [5, 5.41) is 3.15. The Morgan fingerprint density at radius 2 is 2.00 bits per heavy atom. The van der Waals surface area contributed by atoms with Gasteiger partial charge in [-0.05, 0) is 31.4 Å². The van der Waals surface area contributed by atoms with Gasteiger partial charge in [0.15, 0.2) is 0 Å². The lowest BCUT2D eigenvalue weighted by molar-refractivity contribution is -0.133. The van der Waals surface area contributed by atoms with Gasteiger partial charge in [0, 0.05) is 11.0 Å². The summed E-state index contributed by atoms with van der Waals surface area (Å²) in [6, 6.07) is 7.98. The molecule has 0 aliphatic heterocycles. The molecule has 4 heteroatoms. The molecule has 1 aliphatic rings. The summed E-state index contributed by atoms with van der Waals surface area (Å²) < 4.78 is 1.03. The highest BCUT2D eigenvalue weighted by atomic mass is 79.9. The van der Waals surface area contributed by atoms with Crippen molar-refractivity contribution in [3.63, 3.8) is 0 Å². The van der Waals surface area contributed by atoms with E-state index in [2.05, 4.69) is 21.2 Å². The van der Waals surface area contributed by atoms with Crippen molar-refractivity contribution >= 4 is 21.8 Å². The zero-order valence-corrected chi connectivity index (χ0v) is 13.6. The van der Waals surface area contributed by atoms with E-state index in [0.29, 0.717) is 6.54 Å². The van der Waals surface area contributed by atoms with Crippen LogP contribution >= 0.6 is 15.9 Å². The predicted molar refractivity (Wildman–Crippen MR) is 85.3 cm³/mol. The third kappa shape index (κ3) is 3.23. The van der Waals surface area contributed by atoms with Crippen molar-refractivity contribution in [1.29, 1.82) is 0 Å². The van der Waals surface area contributed by atoms with Crippen LogP contribution in [0.5, 0.6) is 0 Å². The quantitative estimate of drug-likeness (QED) is 0.882. The minimum Gasteiger partial charge on any atom is -0.349 e. The van der Waals surface area contributed by atoms with Gasteiger partial charge >= 0.3 is 0 Å². The van der Waals surface area contributed by atoms with Gasteiger partial charge in [0.25, 0.3) is 0 Å². The van der Waals surface area contributed by atoms with Crippen LogP contribution in [0.25, 0.3) is 0 Å². The first-order valence-corrected chi connectivity index (χ1v) is 8.14. The van der Waals surface area contributed by atoms with Gasteiger partial charge in [-0.2, -0.15) is 0 Å². The van der Waals surface area contributed by atoms with Crippen molar-refractivity contribution in [3.05, 3.63) is 34.3 Å². The molecule has 1 aliphatic carbocycles. The zero-order valence-electron chi connectivity index (χ0n) is 12.0. The fourth-order valence-electron chi connectivity index (χ4n) is 3.01. The van der Waals surface area contributed by atoms with Crippen LogP contribution in [0.1, 0.15) is 50.6 Å². The van der Waals surface area contributed by atoms with Gasteiger partial charge in [-0.1, -0.05) is 53.4 Å². The fraction of sp³-hybridized carbons (Fsp3) is 0.562. The number of carbonyl (C=O) groups excluding carboxylic acids is 1. The molecule has 20 heavy (non-hydrogen) atoms. The summed E-state index contributed by atoms with van der Waals surface area (Å²) in [7, 11) is 0. The first-order valence-electron chi connectivity index (χ1n) is 7.34. The molecular weight excluding hydrogens is 316 g/mol. The monoisotopic (exact) mass is 338 g/mol. The second-order valence-corrected chi connectivity index (χ2v) is 6.62. The van der Waals surface area contributed by atoms with E-state index in [1.165, 1.54) is 6.42 Å². The Morgan fingerprint density at radius 3 is 2.60 bits per heavy atom. The first-order chi connectivity index (χ1) is 9.59. The second kappa shape index (κ2) is 6.72. The van der Waals surface area contributed by atoms with E-state index in [1.54, 1.807) is 0 Å². The van der Waals surface area contributed by atoms with E-state index in [9.17, 15) is 4.79 Å². The maximum Gasteiger partial charge on any atom is 0.227 e. The molecule has 110 valence electrons. The van der Waals surface area contributed by atoms with Gasteiger partial charge in [0.2, 0.25) is 5.91 Å². The Bertz CT molecular complexity index is 469. The molecule has 2 rings (SSSR count). The predicted octanol–water partition coefficient (Wildman–Crippen LogP) is 3.54. The topological polar surface area (TPSA) is 55.1 Å². The number of halogens is 1. The van der Waals surface area contributed by atoms with Crippen LogP contribution in [-0.2, 0) is 4.79 Å². The molecule has 1 aromatic rings. The zero-order chi connectivity index (χ0) is 14.6. The SMILES string of the molecule is C[C@@H](NC(=O)C1(CN)CCCCC1)c1ccccc1Br. The van der Waals surface area contributed by atoms with E-state index in [0.717, 1.165) is 35.7 Å². The Morgan fingerprint density at radius 1 is 1.35 bits per heavy atom. The molecule has 1 aromatic carbocycles. The van der Waals surface area contributed by atoms with E-state index in [4.69, 9.17) is 5.73 Å². The van der Waals surface area contributed by atoms with Crippen molar-refractivity contribution in [2.75, 3.05) is 6.54 Å². The normalized spacial score (nSPS) is 19.4. The van der Waals surface area contributed by atoms with Crippen LogP contribution in [0.2, 0.25) is 0 Å². The summed E-state index contributed by atoms with van der Waals surface area (Å²) >= 11 is 3.54. The number of hydrogen-bond acceptors (Lipinski definition) is 2. The van der Waals surface area contributed by atoms with Gasteiger partial charge < -0.3 is 11.1 Å². The fourth-order valence-corrected chi connectivity index (χ4v) is 3.63. The van der Waals surface area contributed by atoms with E-state index < -0.39 is 0 Å². The molecular formula is C16H23BrN2O. The number of amides is 1. The van der Waals surface area contributed by atoms with Crippen molar-refractivity contribution < 1.29 is 4.79 Å². The van der Waals surface area contributed by atoms with Crippen LogP contribution in [-0.4, -0.2) is 12.5 Å². The van der Waals surface area contributed by atoms with E-state index in [-0.39, 0.29) is 17.4 Å². The summed E-state index contributed by atoms with van der Waals surface area (Å²) in [6.45, 7) is 2.46. The molecule has 3 nitrogen and oxygen atoms in total. The van der Waals surface area contributed by atoms with Crippen molar-refractivity contribution in [1.82, 2.24) is 5.32 Å². The number of carbonyl (C=O) groups is 1. The molecule has 0 radical (unpaired) electrons. The lowest BCUT2D eigenvalue weighted by Crippen LogP contribution is -2.47. The summed E-state index contributed by atoms with van der Waals surface area (Å²) in [6.07, 6.45) is 5.26. The maximum atomic E-state index is 12.6. The summed E-state index contributed by atoms with van der Waals surface area (Å²) in [4.78, 5) is 12.6. The summed E-state index contributed by atoms with van der Waals surface area (Å²) in [5.41, 5.74) is 6.66. The third-order valence-electron chi connectivity index (χ3n) is 4.40. The molecule has 0 bridgehead atoms. The lowest BCUT2D eigenvalue weighted by atomic mass is 9.73. The van der Waals surface area contributed by atoms with Crippen LogP contribution in [0, 0.1) is 5.41 Å². The molecule has 0 saturated heterocycles. The number of nitrogens with two attached hydrogens (primary N) is 1. The third-order valence-corrected chi connectivity index (χ3v) is 5.12. The van der Waals surface area contributed by atoms with Crippen molar-refractivity contribution in [2.24, 2.45) is 11.1 Å². The number of nitrogens with one attached hydrogen (secondary N) is 1. The average molecular weight is 339 g/mol. The molecule has 1 saturated carbocycles. The van der Waals surface area contributed by atoms with Crippen LogP contribution < -0.4 is 11.1 Å². The van der Waals surface area contributed by atoms with Crippen LogP contribution in [0.3, 0.4) is 0 Å². The standard InChI is InChI=1S/C16H23BrN2O/c1-12(13-7-3-4-8-14(13)17)19-15(20)16(11-18)9-5-2-6-10-16/h3-4,7-8,12H,2,5-6,9-11,18H2,1H3,(H,19,20)/t12-/m1/s1. The largest absolute Gasteiger partial charge is 0.349 e. The molecule has 1 amide bonds. The minimum absolute atomic E-state index is 0.0107. The van der Waals surface area contributed by atoms with E-state index >= 15 is 0 Å². The number of rotatable bonds is 4. The number of benzene rings is 1. The van der Waals surface area contributed by atoms with Crippen LogP contribution in [0.4, 0.5) is 0 Å². The highest BCUT2D eigenvalue weighted by Crippen LogP contribution is 2.36.